The fourth-order valence-corrected chi connectivity index (χ4v) is 2.49. The van der Waals surface area contributed by atoms with Gasteiger partial charge in [0.15, 0.2) is 11.4 Å². The molecule has 1 aromatic carbocycles. The fraction of sp³-hybridized carbons (Fsp3) is 0.368. The van der Waals surface area contributed by atoms with E-state index in [-0.39, 0.29) is 41.6 Å². The van der Waals surface area contributed by atoms with Crippen molar-refractivity contribution in [3.8, 4) is 0 Å². The third kappa shape index (κ3) is 6.24. The van der Waals surface area contributed by atoms with Crippen LogP contribution in [0.2, 0.25) is 0 Å². The first kappa shape index (κ1) is 23.5. The Kier molecular flexibility index (Phi) is 8.46. The summed E-state index contributed by atoms with van der Waals surface area (Å²) in [5, 5.41) is 2.67. The van der Waals surface area contributed by atoms with Gasteiger partial charge >= 0.3 is 0 Å². The van der Waals surface area contributed by atoms with E-state index in [9.17, 15) is 14.0 Å². The van der Waals surface area contributed by atoms with Crippen LogP contribution in [0.1, 0.15) is 40.4 Å². The molecule has 0 spiro atoms. The number of carbonyl (C=O) groups is 2. The van der Waals surface area contributed by atoms with Gasteiger partial charge in [-0.3, -0.25) is 9.59 Å². The average molecular weight is 410 g/mol. The standard InChI is InChI=1S/C19H24FN5O2.ClH/c1-19(2,11-21)12-25(3)18(27)16-15(22-8-9-23-16)17(26)24-10-13-4-6-14(20)7-5-13;/h4-9H,10-12,21H2,1-3H3,(H,24,26);1H. The van der Waals surface area contributed by atoms with Gasteiger partial charge in [-0.1, -0.05) is 26.0 Å². The van der Waals surface area contributed by atoms with E-state index in [2.05, 4.69) is 15.3 Å². The van der Waals surface area contributed by atoms with E-state index < -0.39 is 11.8 Å². The predicted octanol–water partition coefficient (Wildman–Crippen LogP) is 2.02. The Labute approximate surface area is 170 Å². The molecule has 7 nitrogen and oxygen atoms in total. The van der Waals surface area contributed by atoms with Crippen LogP contribution < -0.4 is 11.1 Å². The van der Waals surface area contributed by atoms with Crippen LogP contribution in [0.4, 0.5) is 4.39 Å². The number of amides is 2. The molecular formula is C19H25ClFN5O2. The van der Waals surface area contributed by atoms with Gasteiger partial charge in [-0.05, 0) is 29.7 Å². The Morgan fingerprint density at radius 3 is 2.29 bits per heavy atom. The molecule has 0 radical (unpaired) electrons. The smallest absolute Gasteiger partial charge is 0.274 e. The minimum atomic E-state index is -0.526. The van der Waals surface area contributed by atoms with Crippen molar-refractivity contribution in [2.45, 2.75) is 20.4 Å². The second-order valence-corrected chi connectivity index (χ2v) is 7.09. The van der Waals surface area contributed by atoms with Crippen LogP contribution in [0, 0.1) is 11.2 Å². The molecule has 2 amide bonds. The number of nitrogens with two attached hydrogens (primary N) is 1. The Bertz CT molecular complexity index is 814. The second-order valence-electron chi connectivity index (χ2n) is 7.09. The van der Waals surface area contributed by atoms with Crippen LogP contribution >= 0.6 is 12.4 Å². The molecule has 28 heavy (non-hydrogen) atoms. The van der Waals surface area contributed by atoms with E-state index in [0.29, 0.717) is 13.1 Å². The summed E-state index contributed by atoms with van der Waals surface area (Å²) in [7, 11) is 1.63. The van der Waals surface area contributed by atoms with E-state index in [1.807, 2.05) is 13.8 Å². The first-order valence-corrected chi connectivity index (χ1v) is 8.53. The van der Waals surface area contributed by atoms with Gasteiger partial charge < -0.3 is 16.0 Å². The molecule has 0 aliphatic rings. The molecule has 0 saturated heterocycles. The molecule has 0 fully saturated rings. The number of nitrogens with one attached hydrogen (secondary N) is 1. The van der Waals surface area contributed by atoms with Crippen molar-refractivity contribution >= 4 is 24.2 Å². The molecule has 0 aliphatic carbocycles. The van der Waals surface area contributed by atoms with E-state index in [4.69, 9.17) is 5.73 Å². The first-order valence-electron chi connectivity index (χ1n) is 8.53. The third-order valence-corrected chi connectivity index (χ3v) is 4.05. The third-order valence-electron chi connectivity index (χ3n) is 4.05. The van der Waals surface area contributed by atoms with Crippen LogP contribution in [-0.4, -0.2) is 46.8 Å². The number of halogens is 2. The molecule has 0 bridgehead atoms. The molecule has 152 valence electrons. The van der Waals surface area contributed by atoms with Crippen molar-refractivity contribution in [1.29, 1.82) is 0 Å². The number of benzene rings is 1. The van der Waals surface area contributed by atoms with Crippen molar-refractivity contribution in [2.24, 2.45) is 11.1 Å². The molecule has 1 heterocycles. The van der Waals surface area contributed by atoms with Crippen molar-refractivity contribution in [2.75, 3.05) is 20.1 Å². The van der Waals surface area contributed by atoms with Crippen LogP contribution in [0.25, 0.3) is 0 Å². The van der Waals surface area contributed by atoms with Gasteiger partial charge in [-0.15, -0.1) is 12.4 Å². The highest BCUT2D eigenvalue weighted by Crippen LogP contribution is 2.16. The minimum Gasteiger partial charge on any atom is -0.347 e. The van der Waals surface area contributed by atoms with Gasteiger partial charge in [0, 0.05) is 32.5 Å². The maximum atomic E-state index is 13.0. The Morgan fingerprint density at radius 1 is 1.14 bits per heavy atom. The molecular weight excluding hydrogens is 385 g/mol. The SMILES string of the molecule is CN(CC(C)(C)CN)C(=O)c1nccnc1C(=O)NCc1ccc(F)cc1.Cl. The molecule has 2 aromatic rings. The van der Waals surface area contributed by atoms with E-state index >= 15 is 0 Å². The van der Waals surface area contributed by atoms with Crippen LogP contribution in [0.15, 0.2) is 36.7 Å². The topological polar surface area (TPSA) is 101 Å². The van der Waals surface area contributed by atoms with Crippen molar-refractivity contribution in [3.63, 3.8) is 0 Å². The van der Waals surface area contributed by atoms with Crippen molar-refractivity contribution < 1.29 is 14.0 Å². The van der Waals surface area contributed by atoms with Crippen LogP contribution in [0.3, 0.4) is 0 Å². The lowest BCUT2D eigenvalue weighted by Gasteiger charge is -2.29. The van der Waals surface area contributed by atoms with E-state index in [1.165, 1.54) is 29.4 Å². The van der Waals surface area contributed by atoms with Gasteiger partial charge in [-0.25, -0.2) is 14.4 Å². The Hall–Kier alpha value is -2.58. The highest BCUT2D eigenvalue weighted by Gasteiger charge is 2.26. The highest BCUT2D eigenvalue weighted by atomic mass is 35.5. The summed E-state index contributed by atoms with van der Waals surface area (Å²) in [6.45, 7) is 4.90. The number of hydrogen-bond acceptors (Lipinski definition) is 5. The number of carbonyl (C=O) groups excluding carboxylic acids is 2. The minimum absolute atomic E-state index is 0. The van der Waals surface area contributed by atoms with E-state index in [1.54, 1.807) is 19.2 Å². The van der Waals surface area contributed by atoms with Crippen LogP contribution in [-0.2, 0) is 6.54 Å². The predicted molar refractivity (Wildman–Crippen MR) is 107 cm³/mol. The zero-order valence-corrected chi connectivity index (χ0v) is 16.9. The fourth-order valence-electron chi connectivity index (χ4n) is 2.49. The van der Waals surface area contributed by atoms with Gasteiger partial charge in [-0.2, -0.15) is 0 Å². The van der Waals surface area contributed by atoms with Gasteiger partial charge in [0.2, 0.25) is 0 Å². The molecule has 9 heteroatoms. The quantitative estimate of drug-likeness (QED) is 0.728. The maximum absolute atomic E-state index is 13.0. The number of hydrogen-bond donors (Lipinski definition) is 2. The summed E-state index contributed by atoms with van der Waals surface area (Å²) in [6.07, 6.45) is 2.72. The highest BCUT2D eigenvalue weighted by molar-refractivity contribution is 6.04. The summed E-state index contributed by atoms with van der Waals surface area (Å²) >= 11 is 0. The Morgan fingerprint density at radius 2 is 1.71 bits per heavy atom. The second kappa shape index (κ2) is 10.1. The molecule has 1 aromatic heterocycles. The van der Waals surface area contributed by atoms with Crippen LogP contribution in [0.5, 0.6) is 0 Å². The normalized spacial score (nSPS) is 10.8. The lowest BCUT2D eigenvalue weighted by atomic mass is 9.93. The van der Waals surface area contributed by atoms with Gasteiger partial charge in [0.25, 0.3) is 11.8 Å². The molecule has 0 aliphatic heterocycles. The van der Waals surface area contributed by atoms with Crippen molar-refractivity contribution in [3.05, 3.63) is 59.4 Å². The molecule has 0 unspecified atom stereocenters. The Balaban J connectivity index is 0.00000392. The molecule has 2 rings (SSSR count). The summed E-state index contributed by atoms with van der Waals surface area (Å²) in [5.41, 5.74) is 6.10. The maximum Gasteiger partial charge on any atom is 0.274 e. The molecule has 3 N–H and O–H groups in total. The van der Waals surface area contributed by atoms with E-state index in [0.717, 1.165) is 5.56 Å². The lowest BCUT2D eigenvalue weighted by Crippen LogP contribution is -2.41. The monoisotopic (exact) mass is 409 g/mol. The summed E-state index contributed by atoms with van der Waals surface area (Å²) in [4.78, 5) is 34.8. The largest absolute Gasteiger partial charge is 0.347 e. The molecule has 0 saturated carbocycles. The van der Waals surface area contributed by atoms with Crippen molar-refractivity contribution in [1.82, 2.24) is 20.2 Å². The molecule has 0 atom stereocenters. The first-order chi connectivity index (χ1) is 12.7. The number of rotatable bonds is 7. The summed E-state index contributed by atoms with van der Waals surface area (Å²) in [6, 6.07) is 5.77. The summed E-state index contributed by atoms with van der Waals surface area (Å²) in [5.74, 6) is -1.28. The number of nitrogens with zero attached hydrogens (tertiary/aromatic N) is 3. The summed E-state index contributed by atoms with van der Waals surface area (Å²) < 4.78 is 13.0. The lowest BCUT2D eigenvalue weighted by molar-refractivity contribution is 0.0727. The zero-order chi connectivity index (χ0) is 20.0. The number of aromatic nitrogens is 2. The van der Waals surface area contributed by atoms with Gasteiger partial charge in [0.1, 0.15) is 5.82 Å². The average Bonchev–Trinajstić information content (AvgIpc) is 2.66. The zero-order valence-electron chi connectivity index (χ0n) is 16.1. The van der Waals surface area contributed by atoms with Gasteiger partial charge in [0.05, 0.1) is 0 Å².